The molecule has 1 aromatic heterocycles. The van der Waals surface area contributed by atoms with E-state index in [2.05, 4.69) is 10.4 Å². The second-order valence-corrected chi connectivity index (χ2v) is 5.01. The van der Waals surface area contributed by atoms with Crippen LogP contribution in [-0.4, -0.2) is 24.8 Å². The lowest BCUT2D eigenvalue weighted by atomic mass is 9.98. The quantitative estimate of drug-likeness (QED) is 0.618. The third-order valence-corrected chi connectivity index (χ3v) is 3.71. The molecule has 5 nitrogen and oxygen atoms in total. The van der Waals surface area contributed by atoms with Crippen molar-refractivity contribution < 1.29 is 13.9 Å². The van der Waals surface area contributed by atoms with Crippen molar-refractivity contribution in [1.29, 1.82) is 0 Å². The molecule has 20 heavy (non-hydrogen) atoms. The summed E-state index contributed by atoms with van der Waals surface area (Å²) in [5, 5.41) is 0. The molecule has 6 heteroatoms. The summed E-state index contributed by atoms with van der Waals surface area (Å²) in [7, 11) is 1.40. The van der Waals surface area contributed by atoms with Crippen molar-refractivity contribution in [2.75, 3.05) is 13.7 Å². The van der Waals surface area contributed by atoms with Crippen molar-refractivity contribution in [1.82, 2.24) is 10.4 Å². The maximum absolute atomic E-state index is 14.2. The molecule has 0 aromatic carbocycles. The molecule has 0 amide bonds. The van der Waals surface area contributed by atoms with Gasteiger partial charge >= 0.3 is 0 Å². The van der Waals surface area contributed by atoms with Gasteiger partial charge in [-0.2, -0.15) is 0 Å². The average molecular weight is 283 g/mol. The first-order chi connectivity index (χ1) is 9.76. The van der Waals surface area contributed by atoms with Crippen LogP contribution in [0.3, 0.4) is 0 Å². The smallest absolute Gasteiger partial charge is 0.250 e. The monoisotopic (exact) mass is 283 g/mol. The molecular formula is C14H22FN3O2. The highest BCUT2D eigenvalue weighted by molar-refractivity contribution is 5.26. The van der Waals surface area contributed by atoms with Crippen molar-refractivity contribution in [2.45, 2.75) is 44.2 Å². The van der Waals surface area contributed by atoms with Gasteiger partial charge in [0.25, 0.3) is 0 Å². The largest absolute Gasteiger partial charge is 0.479 e. The molecule has 1 fully saturated rings. The van der Waals surface area contributed by atoms with Gasteiger partial charge in [0.15, 0.2) is 5.82 Å². The van der Waals surface area contributed by atoms with Crippen LogP contribution in [-0.2, 0) is 4.74 Å². The maximum Gasteiger partial charge on any atom is 0.250 e. The Morgan fingerprint density at radius 2 is 2.45 bits per heavy atom. The van der Waals surface area contributed by atoms with Gasteiger partial charge in [0.05, 0.1) is 13.2 Å². The molecule has 1 saturated heterocycles. The minimum Gasteiger partial charge on any atom is -0.479 e. The molecule has 1 aliphatic rings. The molecular weight excluding hydrogens is 261 g/mol. The number of halogens is 1. The molecule has 2 atom stereocenters. The molecule has 0 bridgehead atoms. The highest BCUT2D eigenvalue weighted by atomic mass is 19.1. The summed E-state index contributed by atoms with van der Waals surface area (Å²) >= 11 is 0. The van der Waals surface area contributed by atoms with E-state index in [-0.39, 0.29) is 18.0 Å². The Hall–Kier alpha value is -1.24. The number of nitrogens with two attached hydrogens (primary N) is 1. The number of nitrogens with one attached hydrogen (secondary N) is 1. The number of hydrogen-bond donors (Lipinski definition) is 2. The van der Waals surface area contributed by atoms with Crippen LogP contribution < -0.4 is 16.0 Å². The molecule has 0 spiro atoms. The number of methoxy groups -OCH3 is 1. The average Bonchev–Trinajstić information content (AvgIpc) is 2.50. The zero-order valence-electron chi connectivity index (χ0n) is 11.8. The first kappa shape index (κ1) is 15.2. The standard InChI is InChI=1S/C14H22FN3O2/c1-19-14-13(15)11(7-8-17-14)12(18-16)6-5-10-4-2-3-9-20-10/h7-8,10,12,18H,2-6,9,16H2,1H3. The Balaban J connectivity index is 2.00. The Labute approximate surface area is 118 Å². The first-order valence-electron chi connectivity index (χ1n) is 7.02. The fourth-order valence-electron chi connectivity index (χ4n) is 2.57. The van der Waals surface area contributed by atoms with E-state index >= 15 is 0 Å². The predicted octanol–water partition coefficient (Wildman–Crippen LogP) is 2.08. The lowest BCUT2D eigenvalue weighted by Gasteiger charge is -2.25. The molecule has 3 N–H and O–H groups in total. The number of hydrogen-bond acceptors (Lipinski definition) is 5. The molecule has 1 aromatic rings. The van der Waals surface area contributed by atoms with Gasteiger partial charge < -0.3 is 9.47 Å². The van der Waals surface area contributed by atoms with E-state index < -0.39 is 5.82 Å². The normalized spacial score (nSPS) is 20.6. The summed E-state index contributed by atoms with van der Waals surface area (Å²) in [6, 6.07) is 1.36. The summed E-state index contributed by atoms with van der Waals surface area (Å²) in [6.45, 7) is 0.822. The van der Waals surface area contributed by atoms with Gasteiger partial charge in [-0.15, -0.1) is 0 Å². The van der Waals surface area contributed by atoms with E-state index in [1.807, 2.05) is 0 Å². The van der Waals surface area contributed by atoms with Crippen molar-refractivity contribution in [3.8, 4) is 5.88 Å². The van der Waals surface area contributed by atoms with Gasteiger partial charge in [-0.1, -0.05) is 0 Å². The van der Waals surface area contributed by atoms with Crippen molar-refractivity contribution in [3.63, 3.8) is 0 Å². The minimum atomic E-state index is -0.456. The van der Waals surface area contributed by atoms with Crippen LogP contribution in [0.15, 0.2) is 12.3 Å². The van der Waals surface area contributed by atoms with Crippen LogP contribution in [0.2, 0.25) is 0 Å². The van der Waals surface area contributed by atoms with Crippen molar-refractivity contribution in [2.24, 2.45) is 5.84 Å². The van der Waals surface area contributed by atoms with E-state index in [0.29, 0.717) is 12.0 Å². The summed E-state index contributed by atoms with van der Waals surface area (Å²) in [6.07, 6.45) is 6.75. The predicted molar refractivity (Wildman–Crippen MR) is 73.6 cm³/mol. The lowest BCUT2D eigenvalue weighted by Crippen LogP contribution is -2.30. The van der Waals surface area contributed by atoms with Gasteiger partial charge in [-0.3, -0.25) is 11.3 Å². The zero-order valence-corrected chi connectivity index (χ0v) is 11.8. The maximum atomic E-state index is 14.2. The van der Waals surface area contributed by atoms with E-state index in [4.69, 9.17) is 15.3 Å². The van der Waals surface area contributed by atoms with Gasteiger partial charge in [-0.05, 0) is 38.2 Å². The Kier molecular flexibility index (Phi) is 5.70. The number of ether oxygens (including phenoxy) is 2. The molecule has 2 rings (SSSR count). The summed E-state index contributed by atoms with van der Waals surface area (Å²) in [4.78, 5) is 3.83. The zero-order chi connectivity index (χ0) is 14.4. The van der Waals surface area contributed by atoms with Crippen LogP contribution in [0.1, 0.15) is 43.7 Å². The molecule has 0 radical (unpaired) electrons. The molecule has 2 unspecified atom stereocenters. The Morgan fingerprint density at radius 3 is 3.10 bits per heavy atom. The lowest BCUT2D eigenvalue weighted by molar-refractivity contribution is 0.00848. The van der Waals surface area contributed by atoms with Crippen LogP contribution in [0.5, 0.6) is 5.88 Å². The minimum absolute atomic E-state index is 0.00309. The second-order valence-electron chi connectivity index (χ2n) is 5.01. The number of aromatic nitrogens is 1. The topological polar surface area (TPSA) is 69.4 Å². The Bertz CT molecular complexity index is 425. The van der Waals surface area contributed by atoms with Crippen LogP contribution >= 0.6 is 0 Å². The van der Waals surface area contributed by atoms with Crippen LogP contribution in [0.25, 0.3) is 0 Å². The van der Waals surface area contributed by atoms with Gasteiger partial charge in [-0.25, -0.2) is 9.37 Å². The summed E-state index contributed by atoms with van der Waals surface area (Å²) in [5.74, 6) is 5.10. The summed E-state index contributed by atoms with van der Waals surface area (Å²) < 4.78 is 24.7. The fraction of sp³-hybridized carbons (Fsp3) is 0.643. The molecule has 2 heterocycles. The van der Waals surface area contributed by atoms with Gasteiger partial charge in [0, 0.05) is 24.4 Å². The highest BCUT2D eigenvalue weighted by Crippen LogP contribution is 2.27. The highest BCUT2D eigenvalue weighted by Gasteiger charge is 2.21. The number of pyridine rings is 1. The van der Waals surface area contributed by atoms with Crippen LogP contribution in [0.4, 0.5) is 4.39 Å². The molecule has 1 aliphatic heterocycles. The van der Waals surface area contributed by atoms with Crippen molar-refractivity contribution in [3.05, 3.63) is 23.6 Å². The third-order valence-electron chi connectivity index (χ3n) is 3.71. The van der Waals surface area contributed by atoms with Crippen LogP contribution in [0, 0.1) is 5.82 Å². The second kappa shape index (κ2) is 7.52. The molecule has 0 aliphatic carbocycles. The Morgan fingerprint density at radius 1 is 1.60 bits per heavy atom. The fourth-order valence-corrected chi connectivity index (χ4v) is 2.57. The van der Waals surface area contributed by atoms with E-state index in [1.165, 1.54) is 19.7 Å². The SMILES string of the molecule is COc1nccc(C(CCC2CCCCO2)NN)c1F. The summed E-state index contributed by atoms with van der Waals surface area (Å²) in [5.41, 5.74) is 3.15. The number of hydrazine groups is 1. The molecule has 0 saturated carbocycles. The number of rotatable bonds is 6. The van der Waals surface area contributed by atoms with Gasteiger partial charge in [0.1, 0.15) is 0 Å². The van der Waals surface area contributed by atoms with Gasteiger partial charge in [0.2, 0.25) is 5.88 Å². The van der Waals surface area contributed by atoms with E-state index in [9.17, 15) is 4.39 Å². The number of nitrogens with zero attached hydrogens (tertiary/aromatic N) is 1. The van der Waals surface area contributed by atoms with E-state index in [0.717, 1.165) is 25.9 Å². The third kappa shape index (κ3) is 3.65. The first-order valence-corrected chi connectivity index (χ1v) is 7.02. The van der Waals surface area contributed by atoms with E-state index in [1.54, 1.807) is 6.07 Å². The van der Waals surface area contributed by atoms with Crippen molar-refractivity contribution >= 4 is 0 Å². The molecule has 112 valence electrons.